The molecule has 1 aromatic heterocycles. The molecule has 0 atom stereocenters. The predicted octanol–water partition coefficient (Wildman–Crippen LogP) is 3.27. The van der Waals surface area contributed by atoms with Gasteiger partial charge in [0, 0.05) is 6.07 Å². The number of rotatable bonds is 6. The minimum atomic E-state index is 0.600. The van der Waals surface area contributed by atoms with Crippen molar-refractivity contribution in [1.82, 2.24) is 4.98 Å². The van der Waals surface area contributed by atoms with Gasteiger partial charge in [0.1, 0.15) is 16.5 Å². The molecule has 2 aromatic rings. The average Bonchev–Trinajstić information content (AvgIpc) is 2.79. The Hall–Kier alpha value is -1.95. The molecule has 5 nitrogen and oxygen atoms in total. The summed E-state index contributed by atoms with van der Waals surface area (Å²) in [6, 6.07) is 5.66. The lowest BCUT2D eigenvalue weighted by Crippen LogP contribution is -1.99. The Morgan fingerprint density at radius 2 is 2.05 bits per heavy atom. The number of nitrogens with zero attached hydrogens (tertiary/aromatic N) is 1. The van der Waals surface area contributed by atoms with E-state index >= 15 is 0 Å². The Kier molecular flexibility index (Phi) is 4.46. The lowest BCUT2D eigenvalue weighted by molar-refractivity contribution is 0.332. The molecule has 0 saturated carbocycles. The van der Waals surface area contributed by atoms with E-state index in [2.05, 4.69) is 10.3 Å². The maximum Gasteiger partial charge on any atom is 0.189 e. The maximum atomic E-state index is 5.67. The van der Waals surface area contributed by atoms with E-state index in [-0.39, 0.29) is 0 Å². The molecule has 0 bridgehead atoms. The van der Waals surface area contributed by atoms with Gasteiger partial charge in [0.15, 0.2) is 5.13 Å². The third-order valence-electron chi connectivity index (χ3n) is 2.33. The minimum Gasteiger partial charge on any atom is -0.494 e. The molecule has 19 heavy (non-hydrogen) atoms. The van der Waals surface area contributed by atoms with Crippen molar-refractivity contribution in [1.29, 1.82) is 0 Å². The first-order valence-corrected chi connectivity index (χ1v) is 6.92. The Bertz CT molecular complexity index is 542. The van der Waals surface area contributed by atoms with Crippen LogP contribution < -0.4 is 20.5 Å². The number of anilines is 3. The molecule has 0 aliphatic carbocycles. The number of benzene rings is 1. The SMILES string of the molecule is CCOc1ccc(OCC)c(Nc2ncc(N)s2)c1. The van der Waals surface area contributed by atoms with Crippen LogP contribution in [0.25, 0.3) is 0 Å². The van der Waals surface area contributed by atoms with E-state index < -0.39 is 0 Å². The molecule has 102 valence electrons. The molecule has 0 saturated heterocycles. The smallest absolute Gasteiger partial charge is 0.189 e. The van der Waals surface area contributed by atoms with Crippen molar-refractivity contribution >= 4 is 27.2 Å². The van der Waals surface area contributed by atoms with E-state index in [0.717, 1.165) is 22.3 Å². The van der Waals surface area contributed by atoms with Gasteiger partial charge in [-0.3, -0.25) is 0 Å². The van der Waals surface area contributed by atoms with Crippen LogP contribution in [0.2, 0.25) is 0 Å². The summed E-state index contributed by atoms with van der Waals surface area (Å²) >= 11 is 1.39. The largest absolute Gasteiger partial charge is 0.494 e. The maximum absolute atomic E-state index is 5.67. The summed E-state index contributed by atoms with van der Waals surface area (Å²) in [5.74, 6) is 1.55. The van der Waals surface area contributed by atoms with Crippen molar-refractivity contribution in [2.45, 2.75) is 13.8 Å². The molecule has 6 heteroatoms. The van der Waals surface area contributed by atoms with E-state index in [1.807, 2.05) is 32.0 Å². The third kappa shape index (κ3) is 3.51. The van der Waals surface area contributed by atoms with Crippen LogP contribution in [0.3, 0.4) is 0 Å². The van der Waals surface area contributed by atoms with Gasteiger partial charge >= 0.3 is 0 Å². The van der Waals surface area contributed by atoms with Gasteiger partial charge in [0.05, 0.1) is 25.1 Å². The first kappa shape index (κ1) is 13.5. The molecule has 0 radical (unpaired) electrons. The first-order chi connectivity index (χ1) is 9.22. The van der Waals surface area contributed by atoms with Gasteiger partial charge < -0.3 is 20.5 Å². The normalized spacial score (nSPS) is 10.2. The predicted molar refractivity (Wildman–Crippen MR) is 78.6 cm³/mol. The van der Waals surface area contributed by atoms with E-state index in [1.165, 1.54) is 11.3 Å². The van der Waals surface area contributed by atoms with E-state index in [9.17, 15) is 0 Å². The number of nitrogens with two attached hydrogens (primary N) is 1. The van der Waals surface area contributed by atoms with Crippen LogP contribution in [0, 0.1) is 0 Å². The number of hydrogen-bond donors (Lipinski definition) is 2. The molecule has 2 rings (SSSR count). The van der Waals surface area contributed by atoms with Crippen molar-refractivity contribution in [3.8, 4) is 11.5 Å². The highest BCUT2D eigenvalue weighted by Crippen LogP contribution is 2.33. The molecular weight excluding hydrogens is 262 g/mol. The number of ether oxygens (including phenoxy) is 2. The third-order valence-corrected chi connectivity index (χ3v) is 3.07. The average molecular weight is 279 g/mol. The van der Waals surface area contributed by atoms with Gasteiger partial charge in [0.2, 0.25) is 0 Å². The fourth-order valence-corrected chi connectivity index (χ4v) is 2.20. The molecular formula is C13H17N3O2S. The summed E-state index contributed by atoms with van der Waals surface area (Å²) < 4.78 is 11.1. The fourth-order valence-electron chi connectivity index (χ4n) is 1.60. The number of aromatic nitrogens is 1. The highest BCUT2D eigenvalue weighted by Gasteiger charge is 2.08. The zero-order chi connectivity index (χ0) is 13.7. The van der Waals surface area contributed by atoms with E-state index in [0.29, 0.717) is 18.2 Å². The first-order valence-electron chi connectivity index (χ1n) is 6.11. The van der Waals surface area contributed by atoms with Crippen molar-refractivity contribution in [3.05, 3.63) is 24.4 Å². The van der Waals surface area contributed by atoms with Crippen molar-refractivity contribution in [3.63, 3.8) is 0 Å². The van der Waals surface area contributed by atoms with Gasteiger partial charge in [0.25, 0.3) is 0 Å². The number of nitrogen functional groups attached to an aromatic ring is 1. The number of nitrogens with one attached hydrogen (secondary N) is 1. The quantitative estimate of drug-likeness (QED) is 0.849. The minimum absolute atomic E-state index is 0.600. The van der Waals surface area contributed by atoms with Crippen molar-refractivity contribution in [2.75, 3.05) is 24.3 Å². The van der Waals surface area contributed by atoms with Gasteiger partial charge in [-0.05, 0) is 26.0 Å². The van der Waals surface area contributed by atoms with Crippen LogP contribution >= 0.6 is 11.3 Å². The van der Waals surface area contributed by atoms with Gasteiger partial charge in [-0.2, -0.15) is 0 Å². The zero-order valence-corrected chi connectivity index (χ0v) is 11.8. The molecule has 1 aromatic carbocycles. The molecule has 0 aliphatic heterocycles. The summed E-state index contributed by atoms with van der Waals surface area (Å²) in [5.41, 5.74) is 6.49. The van der Waals surface area contributed by atoms with Gasteiger partial charge in [-0.15, -0.1) is 0 Å². The van der Waals surface area contributed by atoms with Crippen LogP contribution in [-0.2, 0) is 0 Å². The second kappa shape index (κ2) is 6.29. The monoisotopic (exact) mass is 279 g/mol. The van der Waals surface area contributed by atoms with E-state index in [4.69, 9.17) is 15.2 Å². The van der Waals surface area contributed by atoms with Crippen LogP contribution in [0.4, 0.5) is 15.8 Å². The standard InChI is InChI=1S/C13H17N3O2S/c1-3-17-9-5-6-11(18-4-2)10(7-9)16-13-15-8-12(14)19-13/h5-8H,3-4,14H2,1-2H3,(H,15,16). The highest BCUT2D eigenvalue weighted by atomic mass is 32.1. The lowest BCUT2D eigenvalue weighted by Gasteiger charge is -2.12. The molecule has 0 spiro atoms. The summed E-state index contributed by atoms with van der Waals surface area (Å²) in [7, 11) is 0. The highest BCUT2D eigenvalue weighted by molar-refractivity contribution is 7.19. The Balaban J connectivity index is 2.25. The Morgan fingerprint density at radius 3 is 2.68 bits per heavy atom. The Morgan fingerprint density at radius 1 is 1.26 bits per heavy atom. The molecule has 0 amide bonds. The van der Waals surface area contributed by atoms with Crippen LogP contribution in [0.5, 0.6) is 11.5 Å². The number of thiazole rings is 1. The summed E-state index contributed by atoms with van der Waals surface area (Å²) in [4.78, 5) is 4.17. The molecule has 0 unspecified atom stereocenters. The van der Waals surface area contributed by atoms with Crippen molar-refractivity contribution in [2.24, 2.45) is 0 Å². The summed E-state index contributed by atoms with van der Waals surface area (Å²) in [6.07, 6.45) is 1.62. The zero-order valence-electron chi connectivity index (χ0n) is 11.0. The topological polar surface area (TPSA) is 69.4 Å². The van der Waals surface area contributed by atoms with E-state index in [1.54, 1.807) is 6.20 Å². The summed E-state index contributed by atoms with van der Waals surface area (Å²) in [6.45, 7) is 5.12. The second-order valence-electron chi connectivity index (χ2n) is 3.72. The van der Waals surface area contributed by atoms with Crippen molar-refractivity contribution < 1.29 is 9.47 Å². The fraction of sp³-hybridized carbons (Fsp3) is 0.308. The molecule has 0 aliphatic rings. The summed E-state index contributed by atoms with van der Waals surface area (Å²) in [5, 5.41) is 4.60. The Labute approximate surface area is 116 Å². The van der Waals surface area contributed by atoms with Gasteiger partial charge in [-0.1, -0.05) is 11.3 Å². The molecule has 3 N–H and O–H groups in total. The molecule has 0 fully saturated rings. The van der Waals surface area contributed by atoms with Crippen LogP contribution in [0.15, 0.2) is 24.4 Å². The molecule has 1 heterocycles. The number of hydrogen-bond acceptors (Lipinski definition) is 6. The van der Waals surface area contributed by atoms with Crippen LogP contribution in [-0.4, -0.2) is 18.2 Å². The lowest BCUT2D eigenvalue weighted by atomic mass is 10.2. The van der Waals surface area contributed by atoms with Crippen LogP contribution in [0.1, 0.15) is 13.8 Å². The second-order valence-corrected chi connectivity index (χ2v) is 4.78. The van der Waals surface area contributed by atoms with Gasteiger partial charge in [-0.25, -0.2) is 4.98 Å².